The lowest BCUT2D eigenvalue weighted by molar-refractivity contribution is -0.156. The predicted octanol–water partition coefficient (Wildman–Crippen LogP) is 3.52. The van der Waals surface area contributed by atoms with Gasteiger partial charge in [-0.1, -0.05) is 40.0 Å². The van der Waals surface area contributed by atoms with Crippen molar-refractivity contribution in [3.05, 3.63) is 0 Å². The van der Waals surface area contributed by atoms with Gasteiger partial charge >= 0.3 is 5.97 Å². The minimum absolute atomic E-state index is 0.0327. The van der Waals surface area contributed by atoms with Crippen LogP contribution in [-0.4, -0.2) is 24.7 Å². The molecule has 3 atom stereocenters. The fourth-order valence-electron chi connectivity index (χ4n) is 4.49. The van der Waals surface area contributed by atoms with Crippen molar-refractivity contribution in [1.29, 1.82) is 0 Å². The van der Waals surface area contributed by atoms with Crippen LogP contribution in [0.3, 0.4) is 0 Å². The smallest absolute Gasteiger partial charge is 0.326 e. The second-order valence-electron chi connectivity index (χ2n) is 7.33. The summed E-state index contributed by atoms with van der Waals surface area (Å²) in [5.41, 5.74) is -0.449. The van der Waals surface area contributed by atoms with Crippen LogP contribution in [-0.2, 0) is 9.53 Å². The van der Waals surface area contributed by atoms with Gasteiger partial charge in [0.05, 0.1) is 7.11 Å². The molecular weight excluding hydrogens is 250 g/mol. The number of methoxy groups -OCH3 is 1. The van der Waals surface area contributed by atoms with Gasteiger partial charge < -0.3 is 4.74 Å². The zero-order valence-electron chi connectivity index (χ0n) is 13.6. The fraction of sp³-hybridized carbons (Fsp3) is 0.941. The van der Waals surface area contributed by atoms with E-state index in [1.807, 2.05) is 0 Å². The van der Waals surface area contributed by atoms with Crippen LogP contribution in [0.1, 0.15) is 65.7 Å². The molecule has 0 aromatic heterocycles. The number of carbonyl (C=O) groups excluding carboxylic acids is 1. The normalized spacial score (nSPS) is 35.5. The molecule has 0 spiro atoms. The van der Waals surface area contributed by atoms with Crippen molar-refractivity contribution in [3.63, 3.8) is 0 Å². The van der Waals surface area contributed by atoms with Gasteiger partial charge in [0.1, 0.15) is 5.54 Å². The molecule has 0 saturated heterocycles. The van der Waals surface area contributed by atoms with Crippen molar-refractivity contribution < 1.29 is 9.53 Å². The first-order valence-corrected chi connectivity index (χ1v) is 8.35. The van der Waals surface area contributed by atoms with Crippen molar-refractivity contribution >= 4 is 5.97 Å². The lowest BCUT2D eigenvalue weighted by Gasteiger charge is -2.48. The summed E-state index contributed by atoms with van der Waals surface area (Å²) in [5, 5.41) is 3.77. The number of carbonyl (C=O) groups is 1. The van der Waals surface area contributed by atoms with E-state index in [4.69, 9.17) is 4.74 Å². The molecule has 0 aromatic rings. The molecule has 0 amide bonds. The van der Waals surface area contributed by atoms with Crippen molar-refractivity contribution in [1.82, 2.24) is 5.32 Å². The van der Waals surface area contributed by atoms with Crippen LogP contribution in [0, 0.1) is 17.8 Å². The Morgan fingerprint density at radius 2 is 1.85 bits per heavy atom. The Morgan fingerprint density at radius 3 is 2.40 bits per heavy atom. The Morgan fingerprint density at radius 1 is 1.20 bits per heavy atom. The monoisotopic (exact) mass is 281 g/mol. The topological polar surface area (TPSA) is 38.3 Å². The molecule has 3 heteroatoms. The lowest BCUT2D eigenvalue weighted by Crippen LogP contribution is -2.64. The van der Waals surface area contributed by atoms with Crippen LogP contribution < -0.4 is 5.32 Å². The largest absolute Gasteiger partial charge is 0.468 e. The highest BCUT2D eigenvalue weighted by Crippen LogP contribution is 2.43. The summed E-state index contributed by atoms with van der Waals surface area (Å²) in [7, 11) is 1.54. The van der Waals surface area contributed by atoms with Gasteiger partial charge in [-0.05, 0) is 43.4 Å². The van der Waals surface area contributed by atoms with Gasteiger partial charge in [0.15, 0.2) is 0 Å². The summed E-state index contributed by atoms with van der Waals surface area (Å²) in [5.74, 6) is 1.47. The summed E-state index contributed by atoms with van der Waals surface area (Å²) in [6.07, 6.45) is 8.28. The van der Waals surface area contributed by atoms with Gasteiger partial charge in [-0.3, -0.25) is 10.1 Å². The van der Waals surface area contributed by atoms with Gasteiger partial charge in [0, 0.05) is 6.04 Å². The van der Waals surface area contributed by atoms with Gasteiger partial charge in [0.25, 0.3) is 0 Å². The Hall–Kier alpha value is -0.570. The summed E-state index contributed by atoms with van der Waals surface area (Å²) in [6, 6.07) is 0.501. The molecule has 2 fully saturated rings. The van der Waals surface area contributed by atoms with E-state index in [2.05, 4.69) is 26.1 Å². The number of ether oxygens (including phenoxy) is 1. The Balaban J connectivity index is 2.27. The summed E-state index contributed by atoms with van der Waals surface area (Å²) < 4.78 is 5.23. The summed E-state index contributed by atoms with van der Waals surface area (Å²) in [6.45, 7) is 6.76. The van der Waals surface area contributed by atoms with E-state index in [1.165, 1.54) is 39.2 Å². The molecule has 3 nitrogen and oxygen atoms in total. The second kappa shape index (κ2) is 6.46. The quantitative estimate of drug-likeness (QED) is 0.801. The van der Waals surface area contributed by atoms with E-state index in [0.29, 0.717) is 23.8 Å². The molecule has 3 unspecified atom stereocenters. The number of nitrogens with one attached hydrogen (secondary N) is 1. The Kier molecular flexibility index (Phi) is 5.11. The molecular formula is C17H31NO2. The van der Waals surface area contributed by atoms with Gasteiger partial charge in [-0.2, -0.15) is 0 Å². The molecule has 20 heavy (non-hydrogen) atoms. The van der Waals surface area contributed by atoms with Crippen LogP contribution in [0.4, 0.5) is 0 Å². The third-order valence-electron chi connectivity index (χ3n) is 5.45. The van der Waals surface area contributed by atoms with Crippen molar-refractivity contribution in [2.45, 2.75) is 77.3 Å². The molecule has 0 aromatic carbocycles. The first-order chi connectivity index (χ1) is 9.49. The number of hydrogen-bond acceptors (Lipinski definition) is 3. The molecule has 2 aliphatic carbocycles. The van der Waals surface area contributed by atoms with Crippen LogP contribution in [0.25, 0.3) is 0 Å². The molecule has 2 saturated carbocycles. The van der Waals surface area contributed by atoms with Crippen LogP contribution >= 0.6 is 0 Å². The third kappa shape index (κ3) is 3.03. The Bertz CT molecular complexity index is 336. The fourth-order valence-corrected chi connectivity index (χ4v) is 4.49. The zero-order chi connectivity index (χ0) is 14.8. The van der Waals surface area contributed by atoms with Crippen molar-refractivity contribution in [3.8, 4) is 0 Å². The maximum absolute atomic E-state index is 12.7. The minimum Gasteiger partial charge on any atom is -0.468 e. The van der Waals surface area contributed by atoms with E-state index >= 15 is 0 Å². The molecule has 2 aliphatic rings. The average molecular weight is 281 g/mol. The SMILES string of the molecule is COC(=O)C1(NC2CCCC2)CC(C)CCC1C(C)C. The summed E-state index contributed by atoms with van der Waals surface area (Å²) >= 11 is 0. The van der Waals surface area contributed by atoms with Gasteiger partial charge in [0.2, 0.25) is 0 Å². The standard InChI is InChI=1S/C17H31NO2/c1-12(2)15-10-9-13(3)11-17(15,16(19)20-4)18-14-7-5-6-8-14/h12-15,18H,5-11H2,1-4H3. The van der Waals surface area contributed by atoms with Crippen molar-refractivity contribution in [2.75, 3.05) is 7.11 Å². The zero-order valence-corrected chi connectivity index (χ0v) is 13.6. The van der Waals surface area contributed by atoms with Crippen LogP contribution in [0.2, 0.25) is 0 Å². The van der Waals surface area contributed by atoms with E-state index in [1.54, 1.807) is 0 Å². The molecule has 0 aliphatic heterocycles. The predicted molar refractivity (Wildman–Crippen MR) is 81.5 cm³/mol. The molecule has 2 rings (SSSR count). The maximum Gasteiger partial charge on any atom is 0.326 e. The summed E-state index contributed by atoms with van der Waals surface area (Å²) in [4.78, 5) is 12.7. The molecule has 0 radical (unpaired) electrons. The van der Waals surface area contributed by atoms with Crippen LogP contribution in [0.15, 0.2) is 0 Å². The van der Waals surface area contributed by atoms with Gasteiger partial charge in [-0.15, -0.1) is 0 Å². The third-order valence-corrected chi connectivity index (χ3v) is 5.45. The van der Waals surface area contributed by atoms with E-state index in [0.717, 1.165) is 12.8 Å². The average Bonchev–Trinajstić information content (AvgIpc) is 2.90. The Labute approximate surface area is 123 Å². The molecule has 0 heterocycles. The first-order valence-electron chi connectivity index (χ1n) is 8.35. The maximum atomic E-state index is 12.7. The molecule has 0 bridgehead atoms. The minimum atomic E-state index is -0.449. The second-order valence-corrected chi connectivity index (χ2v) is 7.33. The highest BCUT2D eigenvalue weighted by Gasteiger charge is 2.51. The van der Waals surface area contributed by atoms with Gasteiger partial charge in [-0.25, -0.2) is 0 Å². The van der Waals surface area contributed by atoms with Crippen LogP contribution in [0.5, 0.6) is 0 Å². The number of rotatable bonds is 4. The first kappa shape index (κ1) is 15.8. The van der Waals surface area contributed by atoms with Crippen molar-refractivity contribution in [2.24, 2.45) is 17.8 Å². The molecule has 116 valence electrons. The molecule has 1 N–H and O–H groups in total. The van der Waals surface area contributed by atoms with E-state index in [9.17, 15) is 4.79 Å². The number of esters is 1. The van der Waals surface area contributed by atoms with E-state index < -0.39 is 5.54 Å². The number of hydrogen-bond donors (Lipinski definition) is 1. The highest BCUT2D eigenvalue weighted by molar-refractivity contribution is 5.81. The van der Waals surface area contributed by atoms with E-state index in [-0.39, 0.29) is 5.97 Å². The lowest BCUT2D eigenvalue weighted by atomic mass is 9.64. The highest BCUT2D eigenvalue weighted by atomic mass is 16.5.